The number of carbonyl (C=O) groups is 1. The molecule has 2 fully saturated rings. The van der Waals surface area contributed by atoms with Crippen molar-refractivity contribution in [2.24, 2.45) is 5.92 Å². The Labute approximate surface area is 215 Å². The lowest BCUT2D eigenvalue weighted by molar-refractivity contribution is -0.142. The van der Waals surface area contributed by atoms with Crippen molar-refractivity contribution in [3.8, 4) is 5.69 Å². The second-order valence-electron chi connectivity index (χ2n) is 10.6. The van der Waals surface area contributed by atoms with Crippen LogP contribution in [-0.4, -0.2) is 53.3 Å². The minimum Gasteiger partial charge on any atom is -0.388 e. The highest BCUT2D eigenvalue weighted by Crippen LogP contribution is 2.36. The molecule has 4 heterocycles. The van der Waals surface area contributed by atoms with Crippen LogP contribution >= 0.6 is 0 Å². The lowest BCUT2D eigenvalue weighted by Gasteiger charge is -2.41. The third-order valence-electron chi connectivity index (χ3n) is 8.23. The number of para-hydroxylation sites is 1. The van der Waals surface area contributed by atoms with E-state index >= 15 is 0 Å². The Hall–Kier alpha value is -3.65. The van der Waals surface area contributed by atoms with Gasteiger partial charge >= 0.3 is 0 Å². The van der Waals surface area contributed by atoms with Crippen molar-refractivity contribution in [1.29, 1.82) is 0 Å². The molecule has 8 heteroatoms. The van der Waals surface area contributed by atoms with Crippen LogP contribution in [0.5, 0.6) is 0 Å². The zero-order valence-corrected chi connectivity index (χ0v) is 20.9. The molecular weight excluding hydrogens is 466 g/mol. The van der Waals surface area contributed by atoms with Crippen molar-refractivity contribution in [3.05, 3.63) is 83.8 Å². The largest absolute Gasteiger partial charge is 0.388 e. The van der Waals surface area contributed by atoms with Crippen LogP contribution in [0.3, 0.4) is 0 Å². The normalized spacial score (nSPS) is 21.8. The summed E-state index contributed by atoms with van der Waals surface area (Å²) in [6.45, 7) is 1.17. The monoisotopic (exact) mass is 499 g/mol. The Kier molecular flexibility index (Phi) is 6.20. The Bertz CT molecular complexity index is 1430. The molecule has 192 valence electrons. The predicted octanol–water partition coefficient (Wildman–Crippen LogP) is 3.77. The number of likely N-dealkylation sites (tertiary alicyclic amines) is 1. The zero-order valence-electron chi connectivity index (χ0n) is 20.9. The molecule has 0 radical (unpaired) electrons. The maximum absolute atomic E-state index is 13.5. The van der Waals surface area contributed by atoms with Crippen molar-refractivity contribution in [2.45, 2.75) is 56.7 Å². The average Bonchev–Trinajstić information content (AvgIpc) is 3.62. The number of rotatable bonds is 5. The zero-order chi connectivity index (χ0) is 25.4. The van der Waals surface area contributed by atoms with Crippen LogP contribution in [0, 0.1) is 5.92 Å². The number of hydrogen-bond acceptors (Lipinski definition) is 4. The van der Waals surface area contributed by atoms with E-state index in [-0.39, 0.29) is 30.0 Å². The maximum Gasteiger partial charge on any atom is 0.262 e. The molecule has 3 aromatic heterocycles. The number of piperidine rings is 1. The molecule has 6 rings (SSSR count). The smallest absolute Gasteiger partial charge is 0.262 e. The van der Waals surface area contributed by atoms with Gasteiger partial charge in [-0.05, 0) is 56.0 Å². The average molecular weight is 500 g/mol. The Morgan fingerprint density at radius 3 is 2.46 bits per heavy atom. The number of nitrogens with zero attached hydrogens (tertiary/aromatic N) is 5. The van der Waals surface area contributed by atoms with Crippen LogP contribution < -0.4 is 5.56 Å². The minimum absolute atomic E-state index is 0.0183. The highest BCUT2D eigenvalue weighted by Gasteiger charge is 2.39. The van der Waals surface area contributed by atoms with E-state index in [2.05, 4.69) is 21.9 Å². The molecule has 2 atom stereocenters. The molecule has 1 aliphatic carbocycles. The third-order valence-corrected chi connectivity index (χ3v) is 8.23. The summed E-state index contributed by atoms with van der Waals surface area (Å²) in [4.78, 5) is 33.2. The molecule has 1 saturated heterocycles. The Morgan fingerprint density at radius 2 is 1.70 bits per heavy atom. The molecule has 0 spiro atoms. The number of amides is 1. The van der Waals surface area contributed by atoms with Gasteiger partial charge in [0.15, 0.2) is 5.65 Å². The molecule has 4 aromatic rings. The van der Waals surface area contributed by atoms with Crippen LogP contribution in [0.2, 0.25) is 0 Å². The molecule has 37 heavy (non-hydrogen) atoms. The molecule has 8 nitrogen and oxygen atoms in total. The van der Waals surface area contributed by atoms with Crippen molar-refractivity contribution < 1.29 is 9.90 Å². The topological polar surface area (TPSA) is 85.3 Å². The van der Waals surface area contributed by atoms with Gasteiger partial charge in [0, 0.05) is 43.4 Å². The van der Waals surface area contributed by atoms with Gasteiger partial charge in [-0.2, -0.15) is 0 Å². The van der Waals surface area contributed by atoms with Crippen molar-refractivity contribution in [2.75, 3.05) is 13.1 Å². The van der Waals surface area contributed by atoms with Gasteiger partial charge in [0.05, 0.1) is 23.4 Å². The first-order valence-corrected chi connectivity index (χ1v) is 13.3. The summed E-state index contributed by atoms with van der Waals surface area (Å²) < 4.78 is 5.59. The SMILES string of the molecule is O=C([C@@H]1CCCC[C@H]1n1cccc1)N1CCC(O)(Cn2cnc3c(ccn3-c3ccccc3)c2=O)CC1. The summed E-state index contributed by atoms with van der Waals surface area (Å²) in [7, 11) is 0. The van der Waals surface area contributed by atoms with Gasteiger partial charge in [0.1, 0.15) is 6.33 Å². The summed E-state index contributed by atoms with van der Waals surface area (Å²) in [6, 6.07) is 15.8. The van der Waals surface area contributed by atoms with E-state index in [1.165, 1.54) is 10.9 Å². The van der Waals surface area contributed by atoms with Gasteiger partial charge in [-0.1, -0.05) is 31.0 Å². The van der Waals surface area contributed by atoms with Crippen LogP contribution in [0.4, 0.5) is 0 Å². The van der Waals surface area contributed by atoms with E-state index in [1.807, 2.05) is 58.1 Å². The molecule has 1 saturated carbocycles. The van der Waals surface area contributed by atoms with E-state index in [0.717, 1.165) is 31.4 Å². The first kappa shape index (κ1) is 23.7. The molecule has 1 amide bonds. The van der Waals surface area contributed by atoms with Gasteiger partial charge in [-0.25, -0.2) is 4.98 Å². The van der Waals surface area contributed by atoms with E-state index in [9.17, 15) is 14.7 Å². The number of carbonyl (C=O) groups excluding carboxylic acids is 1. The summed E-state index contributed by atoms with van der Waals surface area (Å²) in [5.41, 5.74) is 0.326. The van der Waals surface area contributed by atoms with Crippen LogP contribution in [0.25, 0.3) is 16.7 Å². The van der Waals surface area contributed by atoms with Crippen molar-refractivity contribution in [1.82, 2.24) is 23.6 Å². The van der Waals surface area contributed by atoms with Gasteiger partial charge in [-0.3, -0.25) is 14.2 Å². The fraction of sp³-hybridized carbons (Fsp3) is 0.414. The first-order chi connectivity index (χ1) is 18.0. The van der Waals surface area contributed by atoms with E-state index in [4.69, 9.17) is 0 Å². The minimum atomic E-state index is -1.05. The lowest BCUT2D eigenvalue weighted by atomic mass is 9.82. The van der Waals surface area contributed by atoms with Crippen LogP contribution in [0.1, 0.15) is 44.6 Å². The van der Waals surface area contributed by atoms with Crippen molar-refractivity contribution in [3.63, 3.8) is 0 Å². The maximum atomic E-state index is 13.5. The van der Waals surface area contributed by atoms with Crippen molar-refractivity contribution >= 4 is 16.9 Å². The molecule has 0 unspecified atom stereocenters. The molecule has 1 aromatic carbocycles. The first-order valence-electron chi connectivity index (χ1n) is 13.3. The highest BCUT2D eigenvalue weighted by atomic mass is 16.3. The lowest BCUT2D eigenvalue weighted by Crippen LogP contribution is -2.51. The molecule has 1 aliphatic heterocycles. The number of fused-ring (bicyclic) bond motifs is 1. The van der Waals surface area contributed by atoms with Crippen LogP contribution in [-0.2, 0) is 11.3 Å². The fourth-order valence-corrected chi connectivity index (χ4v) is 6.14. The third kappa shape index (κ3) is 4.50. The number of aromatic nitrogens is 4. The van der Waals surface area contributed by atoms with Gasteiger partial charge < -0.3 is 19.1 Å². The summed E-state index contributed by atoms with van der Waals surface area (Å²) in [5.74, 6) is 0.179. The molecule has 0 bridgehead atoms. The molecular formula is C29H33N5O3. The second kappa shape index (κ2) is 9.67. The standard InChI is InChI=1S/C29H33N5O3/c35-27(23-10-4-5-11-25(23)31-15-6-7-16-31)32-18-13-29(37,14-19-32)20-33-21-30-26-24(28(33)36)12-17-34(26)22-8-2-1-3-9-22/h1-3,6-9,12,15-17,21,23,25,37H,4-5,10-11,13-14,18-20H2/t23-,25-/m1/s1. The Morgan fingerprint density at radius 1 is 0.973 bits per heavy atom. The predicted molar refractivity (Wildman–Crippen MR) is 142 cm³/mol. The van der Waals surface area contributed by atoms with E-state index < -0.39 is 5.60 Å². The molecule has 2 aliphatic rings. The highest BCUT2D eigenvalue weighted by molar-refractivity contribution is 5.79. The Balaban J connectivity index is 1.15. The van der Waals surface area contributed by atoms with E-state index in [0.29, 0.717) is 37.0 Å². The quantitative estimate of drug-likeness (QED) is 0.453. The summed E-state index contributed by atoms with van der Waals surface area (Å²) in [6.07, 6.45) is 12.5. The number of hydrogen-bond donors (Lipinski definition) is 1. The van der Waals surface area contributed by atoms with Gasteiger partial charge in [0.25, 0.3) is 5.56 Å². The van der Waals surface area contributed by atoms with E-state index in [1.54, 1.807) is 6.07 Å². The van der Waals surface area contributed by atoms with Gasteiger partial charge in [-0.15, -0.1) is 0 Å². The fourth-order valence-electron chi connectivity index (χ4n) is 6.14. The van der Waals surface area contributed by atoms with Crippen LogP contribution in [0.15, 0.2) is 78.2 Å². The summed E-state index contributed by atoms with van der Waals surface area (Å²) >= 11 is 0. The van der Waals surface area contributed by atoms with Gasteiger partial charge in [0.2, 0.25) is 5.91 Å². The second-order valence-corrected chi connectivity index (χ2v) is 10.6. The molecule has 1 N–H and O–H groups in total. The summed E-state index contributed by atoms with van der Waals surface area (Å²) in [5, 5.41) is 11.9. The number of benzene rings is 1. The number of aliphatic hydroxyl groups is 1.